The predicted molar refractivity (Wildman–Crippen MR) is 120 cm³/mol. The lowest BCUT2D eigenvalue weighted by atomic mass is 10.1. The van der Waals surface area contributed by atoms with Gasteiger partial charge in [0.1, 0.15) is 5.75 Å². The minimum absolute atomic E-state index is 0.0854. The van der Waals surface area contributed by atoms with Crippen LogP contribution < -0.4 is 20.8 Å². The lowest BCUT2D eigenvalue weighted by Crippen LogP contribution is -2.41. The number of benzene rings is 2. The normalized spacial score (nSPS) is 15.6. The second kappa shape index (κ2) is 12.0. The number of halogens is 3. The van der Waals surface area contributed by atoms with E-state index in [-0.39, 0.29) is 18.3 Å². The summed E-state index contributed by atoms with van der Waals surface area (Å²) in [5.74, 6) is -2.21. The molecule has 0 saturated carbocycles. The van der Waals surface area contributed by atoms with E-state index in [1.807, 2.05) is 0 Å². The maximum atomic E-state index is 13.0. The number of ether oxygens (including phenoxy) is 2. The lowest BCUT2D eigenvalue weighted by Gasteiger charge is -2.13. The van der Waals surface area contributed by atoms with E-state index in [1.165, 1.54) is 30.5 Å². The van der Waals surface area contributed by atoms with Crippen molar-refractivity contribution >= 4 is 29.6 Å². The van der Waals surface area contributed by atoms with E-state index in [4.69, 9.17) is 9.47 Å². The molecule has 2 aromatic rings. The van der Waals surface area contributed by atoms with Gasteiger partial charge in [-0.25, -0.2) is 5.43 Å². The first-order chi connectivity index (χ1) is 16.7. The molecule has 1 aliphatic rings. The minimum atomic E-state index is -4.60. The van der Waals surface area contributed by atoms with Gasteiger partial charge in [0.2, 0.25) is 0 Å². The fourth-order valence-electron chi connectivity index (χ4n) is 3.13. The van der Waals surface area contributed by atoms with E-state index >= 15 is 0 Å². The molecule has 3 N–H and O–H groups in total. The number of hydrogen-bond acceptors (Lipinski definition) is 6. The Bertz CT molecular complexity index is 1070. The molecule has 1 saturated heterocycles. The number of nitrogens with one attached hydrogen (secondary N) is 3. The van der Waals surface area contributed by atoms with Crippen molar-refractivity contribution in [3.63, 3.8) is 0 Å². The summed E-state index contributed by atoms with van der Waals surface area (Å²) < 4.78 is 49.7. The van der Waals surface area contributed by atoms with Crippen LogP contribution in [0.4, 0.5) is 18.9 Å². The number of amides is 3. The lowest BCUT2D eigenvalue weighted by molar-refractivity contribution is -0.139. The van der Waals surface area contributed by atoms with Crippen LogP contribution in [0.5, 0.6) is 5.75 Å². The molecule has 0 unspecified atom stereocenters. The SMILES string of the molecule is O=C(COc1ccc(/C=N\NC(=O)C(=O)NC[C@H]2CCCO2)cc1)Nc1ccccc1C(F)(F)F. The molecule has 1 fully saturated rings. The third kappa shape index (κ3) is 8.10. The van der Waals surface area contributed by atoms with E-state index in [9.17, 15) is 27.6 Å². The molecular weight excluding hydrogens is 469 g/mol. The Morgan fingerprint density at radius 1 is 1.09 bits per heavy atom. The summed E-state index contributed by atoms with van der Waals surface area (Å²) in [7, 11) is 0. The third-order valence-corrected chi connectivity index (χ3v) is 4.86. The Hall–Kier alpha value is -3.93. The molecule has 0 radical (unpaired) electrons. The van der Waals surface area contributed by atoms with E-state index in [2.05, 4.69) is 21.2 Å². The molecule has 3 rings (SSSR count). The first-order valence-electron chi connectivity index (χ1n) is 10.6. The smallest absolute Gasteiger partial charge is 0.418 e. The Morgan fingerprint density at radius 2 is 1.83 bits per heavy atom. The summed E-state index contributed by atoms with van der Waals surface area (Å²) in [6.45, 7) is 0.394. The van der Waals surface area contributed by atoms with E-state index in [1.54, 1.807) is 12.1 Å². The van der Waals surface area contributed by atoms with Crippen molar-refractivity contribution in [1.29, 1.82) is 0 Å². The summed E-state index contributed by atoms with van der Waals surface area (Å²) in [6, 6.07) is 10.8. The molecule has 0 aliphatic carbocycles. The van der Waals surface area contributed by atoms with Gasteiger partial charge in [-0.1, -0.05) is 12.1 Å². The van der Waals surface area contributed by atoms with Gasteiger partial charge in [0.25, 0.3) is 5.91 Å². The molecule has 1 heterocycles. The standard InChI is InChI=1S/C23H23F3N4O5/c24-23(25,26)18-5-1-2-6-19(18)29-20(31)14-35-16-9-7-15(8-10-16)12-28-30-22(33)21(32)27-13-17-4-3-11-34-17/h1-2,5-10,12,17H,3-4,11,13-14H2,(H,27,32)(H,29,31)(H,30,33)/b28-12-/t17-/m1/s1. The van der Waals surface area contributed by atoms with Gasteiger partial charge in [0.15, 0.2) is 6.61 Å². The van der Waals surface area contributed by atoms with Gasteiger partial charge in [-0.2, -0.15) is 18.3 Å². The molecule has 1 atom stereocenters. The molecule has 12 heteroatoms. The molecule has 0 bridgehead atoms. The summed E-state index contributed by atoms with van der Waals surface area (Å²) in [5.41, 5.74) is 1.36. The molecule has 0 spiro atoms. The molecular formula is C23H23F3N4O5. The maximum Gasteiger partial charge on any atom is 0.418 e. The first-order valence-corrected chi connectivity index (χ1v) is 10.6. The average molecular weight is 492 g/mol. The molecule has 2 aromatic carbocycles. The predicted octanol–water partition coefficient (Wildman–Crippen LogP) is 2.47. The number of anilines is 1. The number of nitrogens with zero attached hydrogens (tertiary/aromatic N) is 1. The highest BCUT2D eigenvalue weighted by atomic mass is 19.4. The van der Waals surface area contributed by atoms with Crippen LogP contribution in [-0.4, -0.2) is 49.8 Å². The zero-order valence-electron chi connectivity index (χ0n) is 18.4. The second-order valence-corrected chi connectivity index (χ2v) is 7.49. The van der Waals surface area contributed by atoms with Gasteiger partial charge >= 0.3 is 18.0 Å². The van der Waals surface area contributed by atoms with Crippen molar-refractivity contribution in [3.05, 3.63) is 59.7 Å². The largest absolute Gasteiger partial charge is 0.484 e. The molecule has 35 heavy (non-hydrogen) atoms. The maximum absolute atomic E-state index is 13.0. The van der Waals surface area contributed by atoms with Crippen molar-refractivity contribution in [3.8, 4) is 5.75 Å². The van der Waals surface area contributed by atoms with Crippen molar-refractivity contribution < 1.29 is 37.0 Å². The van der Waals surface area contributed by atoms with Crippen LogP contribution in [0.2, 0.25) is 0 Å². The van der Waals surface area contributed by atoms with E-state index in [0.29, 0.717) is 17.9 Å². The van der Waals surface area contributed by atoms with Gasteiger partial charge in [-0.3, -0.25) is 14.4 Å². The van der Waals surface area contributed by atoms with Gasteiger partial charge in [-0.15, -0.1) is 0 Å². The second-order valence-electron chi connectivity index (χ2n) is 7.49. The number of hydrazone groups is 1. The van der Waals surface area contributed by atoms with Crippen LogP contribution in [0, 0.1) is 0 Å². The van der Waals surface area contributed by atoms with Gasteiger partial charge < -0.3 is 20.1 Å². The average Bonchev–Trinajstić information content (AvgIpc) is 3.35. The van der Waals surface area contributed by atoms with Crippen LogP contribution in [0.15, 0.2) is 53.6 Å². The number of rotatable bonds is 8. The first kappa shape index (κ1) is 25.7. The number of hydrogen-bond donors (Lipinski definition) is 3. The number of carbonyl (C=O) groups is 3. The number of carbonyl (C=O) groups excluding carboxylic acids is 3. The minimum Gasteiger partial charge on any atom is -0.484 e. The summed E-state index contributed by atoms with van der Waals surface area (Å²) >= 11 is 0. The van der Waals surface area contributed by atoms with Crippen molar-refractivity contribution in [2.75, 3.05) is 25.1 Å². The van der Waals surface area contributed by atoms with Crippen molar-refractivity contribution in [1.82, 2.24) is 10.7 Å². The van der Waals surface area contributed by atoms with Crippen LogP contribution in [0.25, 0.3) is 0 Å². The Balaban J connectivity index is 1.42. The Morgan fingerprint density at radius 3 is 2.51 bits per heavy atom. The highest BCUT2D eigenvalue weighted by Crippen LogP contribution is 2.34. The molecule has 9 nitrogen and oxygen atoms in total. The quantitative estimate of drug-likeness (QED) is 0.297. The highest BCUT2D eigenvalue weighted by molar-refractivity contribution is 6.35. The Kier molecular flexibility index (Phi) is 8.79. The molecule has 186 valence electrons. The molecule has 0 aromatic heterocycles. The Labute approximate surface area is 198 Å². The zero-order chi connectivity index (χ0) is 25.3. The molecule has 1 aliphatic heterocycles. The third-order valence-electron chi connectivity index (χ3n) is 4.86. The van der Waals surface area contributed by atoms with Gasteiger partial charge in [0, 0.05) is 13.2 Å². The monoisotopic (exact) mass is 492 g/mol. The fourth-order valence-corrected chi connectivity index (χ4v) is 3.13. The van der Waals surface area contributed by atoms with Crippen LogP contribution in [-0.2, 0) is 25.3 Å². The van der Waals surface area contributed by atoms with Crippen molar-refractivity contribution in [2.45, 2.75) is 25.1 Å². The molecule has 3 amide bonds. The van der Waals surface area contributed by atoms with Crippen LogP contribution in [0.3, 0.4) is 0 Å². The summed E-state index contributed by atoms with van der Waals surface area (Å²) in [6.07, 6.45) is -1.63. The number of para-hydroxylation sites is 1. The van der Waals surface area contributed by atoms with Crippen LogP contribution in [0.1, 0.15) is 24.0 Å². The summed E-state index contributed by atoms with van der Waals surface area (Å²) in [5, 5.41) is 8.37. The topological polar surface area (TPSA) is 118 Å². The summed E-state index contributed by atoms with van der Waals surface area (Å²) in [4.78, 5) is 35.5. The highest BCUT2D eigenvalue weighted by Gasteiger charge is 2.33. The van der Waals surface area contributed by atoms with Gasteiger partial charge in [-0.05, 0) is 54.8 Å². The van der Waals surface area contributed by atoms with E-state index in [0.717, 1.165) is 25.0 Å². The number of alkyl halides is 3. The zero-order valence-corrected chi connectivity index (χ0v) is 18.4. The van der Waals surface area contributed by atoms with Crippen molar-refractivity contribution in [2.24, 2.45) is 5.10 Å². The fraction of sp³-hybridized carbons (Fsp3) is 0.304. The van der Waals surface area contributed by atoms with Crippen LogP contribution >= 0.6 is 0 Å². The van der Waals surface area contributed by atoms with E-state index < -0.39 is 36.1 Å². The van der Waals surface area contributed by atoms with Gasteiger partial charge in [0.05, 0.1) is 23.6 Å².